The molecule has 1 atom stereocenters. The van der Waals surface area contributed by atoms with Gasteiger partial charge in [-0.3, -0.25) is 14.3 Å². The van der Waals surface area contributed by atoms with E-state index in [2.05, 4.69) is 52.1 Å². The first kappa shape index (κ1) is 21.0. The molecule has 0 radical (unpaired) electrons. The zero-order chi connectivity index (χ0) is 10.5. The van der Waals surface area contributed by atoms with Crippen LogP contribution in [0.3, 0.4) is 0 Å². The summed E-state index contributed by atoms with van der Waals surface area (Å²) in [5, 5.41) is 1.40. The summed E-state index contributed by atoms with van der Waals surface area (Å²) in [4.78, 5) is 0. The first-order valence-corrected chi connectivity index (χ1v) is 6.52. The van der Waals surface area contributed by atoms with Gasteiger partial charge in [0.1, 0.15) is 0 Å². The quantitative estimate of drug-likeness (QED) is 0.448. The molecule has 0 aromatic carbocycles. The fourth-order valence-electron chi connectivity index (χ4n) is 1.33. The van der Waals surface area contributed by atoms with Crippen LogP contribution in [0.2, 0.25) is 0 Å². The minimum Gasteiger partial charge on any atom is -1.00 e. The first-order valence-electron chi connectivity index (χ1n) is 4.73. The molecule has 92 valence electrons. The summed E-state index contributed by atoms with van der Waals surface area (Å²) in [6.45, 7) is 0. The van der Waals surface area contributed by atoms with Gasteiger partial charge in [0.15, 0.2) is 0 Å². The van der Waals surface area contributed by atoms with Crippen molar-refractivity contribution in [3.63, 3.8) is 0 Å². The van der Waals surface area contributed by atoms with Gasteiger partial charge in [0.2, 0.25) is 0 Å². The van der Waals surface area contributed by atoms with E-state index in [9.17, 15) is 0 Å². The molecule has 0 saturated heterocycles. The maximum absolute atomic E-state index is 3.47. The summed E-state index contributed by atoms with van der Waals surface area (Å²) in [5.41, 5.74) is 1.33. The summed E-state index contributed by atoms with van der Waals surface area (Å²) < 4.78 is 1.16. The molecule has 2 aliphatic carbocycles. The Morgan fingerprint density at radius 3 is 2.50 bits per heavy atom. The van der Waals surface area contributed by atoms with Crippen LogP contribution in [0.25, 0.3) is 10.9 Å². The zero-order valence-electron chi connectivity index (χ0n) is 9.38. The van der Waals surface area contributed by atoms with Gasteiger partial charge in [-0.15, -0.1) is 39.3 Å². The van der Waals surface area contributed by atoms with Crippen LogP contribution in [-0.2, 0) is 26.2 Å². The van der Waals surface area contributed by atoms with Crippen LogP contribution in [0.1, 0.15) is 6.42 Å². The standard InChI is InChI=1S/C8H5BrP.C5H5.2ClH.Zr/c9-7-4-5-10-8-3-1-2-6(7)8;1-2-4-5-3-1;;;/h1-4,10H;1-3H,4H2;2*1H;/q2*-1;;;+4/p-2. The fourth-order valence-corrected chi connectivity index (χ4v) is 3.09. The molecule has 0 amide bonds. The third-order valence-corrected chi connectivity index (χ3v) is 3.71. The van der Waals surface area contributed by atoms with Gasteiger partial charge in [-0.1, -0.05) is 16.6 Å². The van der Waals surface area contributed by atoms with Gasteiger partial charge in [-0.25, -0.2) is 12.2 Å². The van der Waals surface area contributed by atoms with E-state index in [4.69, 9.17) is 0 Å². The molecule has 5 heteroatoms. The summed E-state index contributed by atoms with van der Waals surface area (Å²) in [6.07, 6.45) is 10.0. The molecule has 1 heterocycles. The Bertz CT molecular complexity index is 458. The third kappa shape index (κ3) is 6.22. The van der Waals surface area contributed by atoms with Crippen molar-refractivity contribution in [1.82, 2.24) is 0 Å². The van der Waals surface area contributed by atoms with Crippen molar-refractivity contribution in [3.8, 4) is 10.9 Å². The molecular weight excluding hydrogens is 429 g/mol. The van der Waals surface area contributed by atoms with Gasteiger partial charge in [0.25, 0.3) is 0 Å². The molecule has 3 rings (SSSR count). The second kappa shape index (κ2) is 11.5. The van der Waals surface area contributed by atoms with E-state index < -0.39 is 0 Å². The molecular formula is C13H10BrCl2PZr. The van der Waals surface area contributed by atoms with E-state index in [0.717, 1.165) is 19.1 Å². The monoisotopic (exact) mass is 436 g/mol. The van der Waals surface area contributed by atoms with Gasteiger partial charge in [-0.2, -0.15) is 17.9 Å². The van der Waals surface area contributed by atoms with E-state index in [-0.39, 0.29) is 51.0 Å². The Morgan fingerprint density at radius 1 is 1.22 bits per heavy atom. The molecule has 1 unspecified atom stereocenters. The fraction of sp³-hybridized carbons (Fsp3) is 0.0769. The number of hydrogen-bond acceptors (Lipinski definition) is 0. The zero-order valence-corrected chi connectivity index (χ0v) is 15.9. The Labute approximate surface area is 150 Å². The van der Waals surface area contributed by atoms with Crippen LogP contribution in [0, 0.1) is 11.9 Å². The van der Waals surface area contributed by atoms with E-state index in [1.165, 1.54) is 10.9 Å². The van der Waals surface area contributed by atoms with Gasteiger partial charge < -0.3 is 24.8 Å². The number of halogens is 3. The molecule has 0 aromatic heterocycles. The smallest absolute Gasteiger partial charge is 1.00 e. The summed E-state index contributed by atoms with van der Waals surface area (Å²) in [5.74, 6) is 3.20. The first-order chi connectivity index (χ1) is 7.38. The normalized spacial score (nSPS) is 11.2. The number of allylic oxidation sites excluding steroid dienone is 4. The number of fused-ring (bicyclic) bond motifs is 1. The van der Waals surface area contributed by atoms with Crippen molar-refractivity contribution in [2.45, 2.75) is 6.42 Å². The maximum atomic E-state index is 3.47. The molecule has 0 nitrogen and oxygen atoms in total. The van der Waals surface area contributed by atoms with Crippen molar-refractivity contribution in [3.05, 3.63) is 58.8 Å². The van der Waals surface area contributed by atoms with Crippen LogP contribution >= 0.6 is 24.1 Å². The summed E-state index contributed by atoms with van der Waals surface area (Å²) in [6, 6.07) is 8.36. The van der Waals surface area contributed by atoms with Crippen molar-refractivity contribution < 1.29 is 51.0 Å². The van der Waals surface area contributed by atoms with Crippen LogP contribution in [-0.4, -0.2) is 0 Å². The van der Waals surface area contributed by atoms with Gasteiger partial charge in [0.05, 0.1) is 0 Å². The molecule has 0 saturated carbocycles. The Kier molecular flexibility index (Phi) is 13.4. The van der Waals surface area contributed by atoms with Crippen LogP contribution in [0.5, 0.6) is 0 Å². The van der Waals surface area contributed by atoms with Crippen molar-refractivity contribution in [1.29, 1.82) is 0 Å². The second-order valence-corrected chi connectivity index (χ2v) is 5.05. The number of rotatable bonds is 0. The summed E-state index contributed by atoms with van der Waals surface area (Å²) in [7, 11) is 0.727. The third-order valence-electron chi connectivity index (χ3n) is 2.06. The van der Waals surface area contributed by atoms with Gasteiger partial charge in [0, 0.05) is 0 Å². The molecule has 0 spiro atoms. The molecule has 0 bridgehead atoms. The molecule has 18 heavy (non-hydrogen) atoms. The average molecular weight is 439 g/mol. The van der Waals surface area contributed by atoms with Crippen LogP contribution < -0.4 is 24.8 Å². The van der Waals surface area contributed by atoms with Crippen LogP contribution in [0.4, 0.5) is 0 Å². The predicted octanol–water partition coefficient (Wildman–Crippen LogP) is -1.30. The van der Waals surface area contributed by atoms with E-state index in [1.807, 2.05) is 18.2 Å². The van der Waals surface area contributed by atoms with Crippen LogP contribution in [0.15, 0.2) is 47.0 Å². The van der Waals surface area contributed by atoms with Gasteiger partial charge in [-0.05, 0) is 0 Å². The minimum atomic E-state index is 0. The van der Waals surface area contributed by atoms with Crippen molar-refractivity contribution >= 4 is 24.1 Å². The Morgan fingerprint density at radius 2 is 2.00 bits per heavy atom. The van der Waals surface area contributed by atoms with E-state index >= 15 is 0 Å². The SMILES string of the molecule is Brc1c[c-][pH]c2cccc1-2.[C-]1=CC=CC1.[Cl-].[Cl-].[Zr+4]. The molecule has 1 aliphatic heterocycles. The maximum Gasteiger partial charge on any atom is 4.00 e. The van der Waals surface area contributed by atoms with Crippen molar-refractivity contribution in [2.24, 2.45) is 0 Å². The molecule has 0 aromatic rings. The Hall–Kier alpha value is 0.683. The number of hydrogen-bond donors (Lipinski definition) is 0. The van der Waals surface area contributed by atoms with E-state index in [0.29, 0.717) is 0 Å². The molecule has 3 aliphatic rings. The minimum absolute atomic E-state index is 0. The molecule has 0 N–H and O–H groups in total. The van der Waals surface area contributed by atoms with E-state index in [1.54, 1.807) is 0 Å². The molecule has 0 fully saturated rings. The second-order valence-electron chi connectivity index (χ2n) is 3.12. The predicted molar refractivity (Wildman–Crippen MR) is 70.7 cm³/mol. The largest absolute Gasteiger partial charge is 4.00 e. The topological polar surface area (TPSA) is 0 Å². The summed E-state index contributed by atoms with van der Waals surface area (Å²) >= 11 is 3.47. The average Bonchev–Trinajstić information content (AvgIpc) is 2.93. The Balaban J connectivity index is 0. The van der Waals surface area contributed by atoms with Crippen molar-refractivity contribution in [2.75, 3.05) is 0 Å². The van der Waals surface area contributed by atoms with Gasteiger partial charge >= 0.3 is 26.2 Å².